The topological polar surface area (TPSA) is 105 Å². The van der Waals surface area contributed by atoms with Crippen LogP contribution in [-0.2, 0) is 4.79 Å². The van der Waals surface area contributed by atoms with E-state index >= 15 is 0 Å². The van der Waals surface area contributed by atoms with Crippen LogP contribution in [-0.4, -0.2) is 29.4 Å². The number of carbonyl (C=O) groups is 1. The molecule has 1 heterocycles. The molecule has 1 aromatic rings. The highest BCUT2D eigenvalue weighted by molar-refractivity contribution is 6.10. The monoisotopic (exact) mass is 294 g/mol. The van der Waals surface area contributed by atoms with Gasteiger partial charge in [-0.3, -0.25) is 10.2 Å². The predicted octanol–water partition coefficient (Wildman–Crippen LogP) is 1.70. The van der Waals surface area contributed by atoms with Crippen LogP contribution in [0.1, 0.15) is 18.9 Å². The summed E-state index contributed by atoms with van der Waals surface area (Å²) in [4.78, 5) is 11.6. The molecule has 1 unspecified atom stereocenters. The second kappa shape index (κ2) is 6.51. The van der Waals surface area contributed by atoms with Gasteiger partial charge in [0, 0.05) is 19.4 Å². The Morgan fingerprint density at radius 2 is 2.00 bits per heavy atom. The second-order valence-corrected chi connectivity index (χ2v) is 4.88. The first kappa shape index (κ1) is 15.2. The fourth-order valence-electron chi connectivity index (χ4n) is 2.06. The van der Waals surface area contributed by atoms with Gasteiger partial charge in [-0.1, -0.05) is 19.1 Å². The molecule has 7 heteroatoms. The van der Waals surface area contributed by atoms with Crippen LogP contribution in [0.25, 0.3) is 0 Å². The van der Waals surface area contributed by atoms with Gasteiger partial charge >= 0.3 is 0 Å². The lowest BCUT2D eigenvalue weighted by Gasteiger charge is -2.24. The van der Waals surface area contributed by atoms with Gasteiger partial charge in [0.2, 0.25) is 11.6 Å². The molecule has 0 bridgehead atoms. The van der Waals surface area contributed by atoms with Crippen molar-refractivity contribution in [2.75, 3.05) is 12.5 Å². The van der Waals surface area contributed by atoms with Crippen LogP contribution in [0.2, 0.25) is 0 Å². The average Bonchev–Trinajstić information content (AvgIpc) is 2.52. The maximum Gasteiger partial charge on any atom is 0.243 e. The van der Waals surface area contributed by atoms with Crippen LogP contribution in [0.5, 0.6) is 0 Å². The van der Waals surface area contributed by atoms with Crippen LogP contribution in [0.4, 0.5) is 5.69 Å². The third-order valence-corrected chi connectivity index (χ3v) is 3.26. The van der Waals surface area contributed by atoms with Crippen LogP contribution in [0.3, 0.4) is 0 Å². The minimum absolute atomic E-state index is 0.00408. The van der Waals surface area contributed by atoms with E-state index in [0.717, 1.165) is 11.3 Å². The van der Waals surface area contributed by atoms with E-state index in [4.69, 9.17) is 10.5 Å². The Hall–Kier alpha value is -3.19. The van der Waals surface area contributed by atoms with Gasteiger partial charge in [0.15, 0.2) is 0 Å². The lowest BCUT2D eigenvalue weighted by molar-refractivity contribution is -0.131. The fraction of sp³-hybridized carbons (Fsp3) is 0.267. The molecule has 1 aromatic carbocycles. The van der Waals surface area contributed by atoms with Crippen molar-refractivity contribution in [3.8, 4) is 12.1 Å². The number of rotatable bonds is 3. The molecule has 1 N–H and O–H groups in total. The molecule has 0 saturated heterocycles. The molecule has 22 heavy (non-hydrogen) atoms. The van der Waals surface area contributed by atoms with Crippen LogP contribution >= 0.6 is 0 Å². The Morgan fingerprint density at radius 3 is 2.59 bits per heavy atom. The first-order valence-corrected chi connectivity index (χ1v) is 6.64. The third-order valence-electron chi connectivity index (χ3n) is 3.26. The van der Waals surface area contributed by atoms with E-state index in [0.29, 0.717) is 12.1 Å². The van der Waals surface area contributed by atoms with E-state index in [9.17, 15) is 4.79 Å². The van der Waals surface area contributed by atoms with Gasteiger partial charge in [-0.15, -0.1) is 0 Å². The largest absolute Gasteiger partial charge is 0.277 e. The van der Waals surface area contributed by atoms with Crippen molar-refractivity contribution in [1.29, 1.82) is 10.5 Å². The third kappa shape index (κ3) is 3.28. The van der Waals surface area contributed by atoms with Gasteiger partial charge < -0.3 is 0 Å². The zero-order valence-electron chi connectivity index (χ0n) is 12.2. The lowest BCUT2D eigenvalue weighted by atomic mass is 9.94. The molecule has 0 spiro atoms. The summed E-state index contributed by atoms with van der Waals surface area (Å²) in [5, 5.41) is 26.5. The number of hydrogen-bond donors (Lipinski definition) is 1. The number of nitriles is 2. The van der Waals surface area contributed by atoms with Gasteiger partial charge in [-0.2, -0.15) is 20.7 Å². The number of carbonyl (C=O) groups excluding carboxylic acids is 1. The number of hydrazone groups is 2. The zero-order valence-corrected chi connectivity index (χ0v) is 12.2. The molecule has 0 aromatic heterocycles. The van der Waals surface area contributed by atoms with Crippen LogP contribution < -0.4 is 5.43 Å². The first-order chi connectivity index (χ1) is 10.5. The fourth-order valence-corrected chi connectivity index (χ4v) is 2.06. The van der Waals surface area contributed by atoms with Crippen molar-refractivity contribution in [2.45, 2.75) is 13.3 Å². The van der Waals surface area contributed by atoms with Gasteiger partial charge in [-0.05, 0) is 17.7 Å². The van der Waals surface area contributed by atoms with E-state index in [1.807, 2.05) is 19.1 Å². The van der Waals surface area contributed by atoms with Crippen LogP contribution in [0, 0.1) is 28.6 Å². The summed E-state index contributed by atoms with van der Waals surface area (Å²) in [7, 11) is 1.64. The highest BCUT2D eigenvalue weighted by Crippen LogP contribution is 2.21. The maximum absolute atomic E-state index is 11.6. The minimum Gasteiger partial charge on any atom is -0.277 e. The molecule has 7 nitrogen and oxygen atoms in total. The number of anilines is 1. The van der Waals surface area contributed by atoms with Crippen molar-refractivity contribution >= 4 is 23.0 Å². The Bertz CT molecular complexity index is 704. The second-order valence-electron chi connectivity index (χ2n) is 4.88. The predicted molar refractivity (Wildman–Crippen MR) is 81.8 cm³/mol. The molecule has 1 amide bonds. The molecule has 110 valence electrons. The number of nitrogens with zero attached hydrogens (tertiary/aromatic N) is 5. The minimum atomic E-state index is -0.241. The van der Waals surface area contributed by atoms with E-state index in [1.165, 1.54) is 5.01 Å². The smallest absolute Gasteiger partial charge is 0.243 e. The normalized spacial score (nSPS) is 17.1. The molecular formula is C15H14N6O. The number of benzene rings is 1. The SMILES string of the molecule is CC1CC(=O)N(C)N=C1c1ccc(NN=C(C#N)C#N)cc1. The van der Waals surface area contributed by atoms with Gasteiger partial charge in [-0.25, -0.2) is 5.01 Å². The average molecular weight is 294 g/mol. The summed E-state index contributed by atoms with van der Waals surface area (Å²) < 4.78 is 0. The summed E-state index contributed by atoms with van der Waals surface area (Å²) in [5.74, 6) is 0.0636. The summed E-state index contributed by atoms with van der Waals surface area (Å²) >= 11 is 0. The van der Waals surface area contributed by atoms with E-state index in [-0.39, 0.29) is 17.5 Å². The van der Waals surface area contributed by atoms with E-state index < -0.39 is 0 Å². The standard InChI is InChI=1S/C15H14N6O/c1-10-7-14(22)21(2)20-15(10)11-3-5-12(6-4-11)18-19-13(8-16)9-17/h3-6,10,18H,7H2,1-2H3. The number of hydrogen-bond acceptors (Lipinski definition) is 6. The molecule has 0 saturated carbocycles. The zero-order chi connectivity index (χ0) is 16.1. The van der Waals surface area contributed by atoms with Crippen molar-refractivity contribution in [3.63, 3.8) is 0 Å². The van der Waals surface area contributed by atoms with E-state index in [1.54, 1.807) is 31.3 Å². The van der Waals surface area contributed by atoms with Crippen molar-refractivity contribution < 1.29 is 4.79 Å². The molecule has 1 aliphatic rings. The molecule has 2 rings (SSSR count). The van der Waals surface area contributed by atoms with Crippen molar-refractivity contribution in [2.24, 2.45) is 16.1 Å². The van der Waals surface area contributed by atoms with Crippen molar-refractivity contribution in [1.82, 2.24) is 5.01 Å². The van der Waals surface area contributed by atoms with Gasteiger partial charge in [0.05, 0.1) is 11.4 Å². The highest BCUT2D eigenvalue weighted by Gasteiger charge is 2.24. The molecular weight excluding hydrogens is 280 g/mol. The maximum atomic E-state index is 11.6. The van der Waals surface area contributed by atoms with Gasteiger partial charge in [0.1, 0.15) is 12.1 Å². The molecule has 1 atom stereocenters. The lowest BCUT2D eigenvalue weighted by Crippen LogP contribution is -2.33. The Kier molecular flexibility index (Phi) is 4.50. The van der Waals surface area contributed by atoms with E-state index in [2.05, 4.69) is 15.6 Å². The Labute approximate surface area is 128 Å². The Balaban J connectivity index is 2.18. The summed E-state index contributed by atoms with van der Waals surface area (Å²) in [6, 6.07) is 10.6. The molecule has 1 aliphatic heterocycles. The van der Waals surface area contributed by atoms with Crippen molar-refractivity contribution in [3.05, 3.63) is 29.8 Å². The first-order valence-electron chi connectivity index (χ1n) is 6.64. The summed E-state index contributed by atoms with van der Waals surface area (Å²) in [6.45, 7) is 1.96. The Morgan fingerprint density at radius 1 is 1.36 bits per heavy atom. The number of amides is 1. The molecule has 0 fully saturated rings. The molecule has 0 radical (unpaired) electrons. The quantitative estimate of drug-likeness (QED) is 0.676. The van der Waals surface area contributed by atoms with Crippen LogP contribution in [0.15, 0.2) is 34.5 Å². The summed E-state index contributed by atoms with van der Waals surface area (Å²) in [5.41, 5.74) is 4.83. The molecule has 0 aliphatic carbocycles. The highest BCUT2D eigenvalue weighted by atomic mass is 16.2. The summed E-state index contributed by atoms with van der Waals surface area (Å²) in [6.07, 6.45) is 0.438. The number of nitrogens with one attached hydrogen (secondary N) is 1. The van der Waals surface area contributed by atoms with Gasteiger partial charge in [0.25, 0.3) is 0 Å².